The molecule has 2 aromatic rings. The Bertz CT molecular complexity index is 578. The second-order valence-electron chi connectivity index (χ2n) is 3.58. The van der Waals surface area contributed by atoms with Gasteiger partial charge in [0.1, 0.15) is 5.75 Å². The molecule has 0 amide bonds. The maximum Gasteiger partial charge on any atom is 0.338 e. The summed E-state index contributed by atoms with van der Waals surface area (Å²) >= 11 is 2.18. The van der Waals surface area contributed by atoms with Crippen molar-refractivity contribution in [2.75, 3.05) is 6.61 Å². The first-order chi connectivity index (χ1) is 8.11. The lowest BCUT2D eigenvalue weighted by Gasteiger charge is -2.06. The van der Waals surface area contributed by atoms with Crippen LogP contribution >= 0.6 is 22.6 Å². The van der Waals surface area contributed by atoms with Crippen LogP contribution in [0.4, 0.5) is 0 Å². The lowest BCUT2D eigenvalue weighted by molar-refractivity contribution is 0.0526. The summed E-state index contributed by atoms with van der Waals surface area (Å²) in [7, 11) is 0. The number of phenols is 1. The van der Waals surface area contributed by atoms with Crippen LogP contribution in [0.1, 0.15) is 17.3 Å². The van der Waals surface area contributed by atoms with Crippen LogP contribution in [-0.2, 0) is 4.74 Å². The number of halogens is 1. The van der Waals surface area contributed by atoms with E-state index in [9.17, 15) is 9.90 Å². The molecule has 2 rings (SSSR count). The molecule has 0 aliphatic carbocycles. The van der Waals surface area contributed by atoms with Crippen LogP contribution in [0.15, 0.2) is 30.3 Å². The van der Waals surface area contributed by atoms with E-state index in [1.165, 1.54) is 6.07 Å². The molecule has 0 aromatic heterocycles. The average Bonchev–Trinajstić information content (AvgIpc) is 2.30. The lowest BCUT2D eigenvalue weighted by Crippen LogP contribution is -2.04. The number of benzene rings is 2. The molecule has 0 radical (unpaired) electrons. The zero-order valence-corrected chi connectivity index (χ0v) is 11.4. The molecule has 0 aliphatic rings. The molecule has 0 aliphatic heterocycles. The van der Waals surface area contributed by atoms with E-state index in [0.717, 1.165) is 14.3 Å². The van der Waals surface area contributed by atoms with Crippen LogP contribution in [0.5, 0.6) is 5.75 Å². The van der Waals surface area contributed by atoms with E-state index in [4.69, 9.17) is 4.74 Å². The molecule has 17 heavy (non-hydrogen) atoms. The number of carbonyl (C=O) groups excluding carboxylic acids is 1. The number of ether oxygens (including phenoxy) is 1. The van der Waals surface area contributed by atoms with Gasteiger partial charge in [-0.15, -0.1) is 0 Å². The number of phenolic OH excluding ortho intramolecular Hbond substituents is 1. The van der Waals surface area contributed by atoms with E-state index in [1.54, 1.807) is 13.0 Å². The van der Waals surface area contributed by atoms with E-state index in [1.807, 2.05) is 18.2 Å². The molecule has 0 fully saturated rings. The molecule has 1 N–H and O–H groups in total. The van der Waals surface area contributed by atoms with Gasteiger partial charge in [-0.25, -0.2) is 4.79 Å². The minimum absolute atomic E-state index is 0.101. The van der Waals surface area contributed by atoms with E-state index in [0.29, 0.717) is 12.2 Å². The Labute approximate surface area is 113 Å². The van der Waals surface area contributed by atoms with Crippen molar-refractivity contribution in [3.8, 4) is 5.75 Å². The first kappa shape index (κ1) is 12.2. The zero-order valence-electron chi connectivity index (χ0n) is 9.24. The fourth-order valence-corrected chi connectivity index (χ4v) is 2.13. The highest BCUT2D eigenvalue weighted by molar-refractivity contribution is 14.1. The molecule has 0 bridgehead atoms. The Morgan fingerprint density at radius 2 is 2.12 bits per heavy atom. The van der Waals surface area contributed by atoms with Crippen molar-refractivity contribution in [1.29, 1.82) is 0 Å². The highest BCUT2D eigenvalue weighted by Gasteiger charge is 2.10. The Morgan fingerprint density at radius 1 is 1.35 bits per heavy atom. The lowest BCUT2D eigenvalue weighted by atomic mass is 10.1. The minimum atomic E-state index is -0.414. The van der Waals surface area contributed by atoms with Crippen LogP contribution < -0.4 is 0 Å². The molecule has 3 nitrogen and oxygen atoms in total. The number of hydrogen-bond donors (Lipinski definition) is 1. The topological polar surface area (TPSA) is 46.5 Å². The Morgan fingerprint density at radius 3 is 2.82 bits per heavy atom. The van der Waals surface area contributed by atoms with Gasteiger partial charge in [0, 0.05) is 8.96 Å². The van der Waals surface area contributed by atoms with Crippen molar-refractivity contribution in [3.63, 3.8) is 0 Å². The van der Waals surface area contributed by atoms with Crippen molar-refractivity contribution in [2.45, 2.75) is 6.92 Å². The molecule has 0 heterocycles. The van der Waals surface area contributed by atoms with Crippen molar-refractivity contribution < 1.29 is 14.6 Å². The summed E-state index contributed by atoms with van der Waals surface area (Å²) in [5, 5.41) is 11.5. The quantitative estimate of drug-likeness (QED) is 0.673. The van der Waals surface area contributed by atoms with Gasteiger partial charge in [0.05, 0.1) is 12.2 Å². The van der Waals surface area contributed by atoms with Crippen LogP contribution in [0.2, 0.25) is 0 Å². The first-order valence-corrected chi connectivity index (χ1v) is 6.29. The van der Waals surface area contributed by atoms with Crippen LogP contribution in [-0.4, -0.2) is 17.7 Å². The number of carbonyl (C=O) groups is 1. The highest BCUT2D eigenvalue weighted by Crippen LogP contribution is 2.28. The van der Waals surface area contributed by atoms with Crippen LogP contribution in [0, 0.1) is 3.57 Å². The van der Waals surface area contributed by atoms with Gasteiger partial charge in [-0.3, -0.25) is 0 Å². The molecular weight excluding hydrogens is 331 g/mol. The summed E-state index contributed by atoms with van der Waals surface area (Å²) in [6, 6.07) is 8.84. The normalized spacial score (nSPS) is 10.5. The summed E-state index contributed by atoms with van der Waals surface area (Å²) in [6.45, 7) is 2.07. The maximum absolute atomic E-state index is 11.6. The minimum Gasteiger partial charge on any atom is -0.507 e. The molecule has 88 valence electrons. The van der Waals surface area contributed by atoms with Crippen molar-refractivity contribution in [2.24, 2.45) is 0 Å². The van der Waals surface area contributed by atoms with Crippen LogP contribution in [0.25, 0.3) is 10.8 Å². The van der Waals surface area contributed by atoms with Crippen molar-refractivity contribution in [1.82, 2.24) is 0 Å². The second-order valence-corrected chi connectivity index (χ2v) is 4.83. The van der Waals surface area contributed by atoms with Gasteiger partial charge in [-0.2, -0.15) is 0 Å². The average molecular weight is 342 g/mol. The third-order valence-electron chi connectivity index (χ3n) is 2.41. The monoisotopic (exact) mass is 342 g/mol. The van der Waals surface area contributed by atoms with E-state index < -0.39 is 5.97 Å². The molecule has 4 heteroatoms. The third-order valence-corrected chi connectivity index (χ3v) is 3.08. The fraction of sp³-hybridized carbons (Fsp3) is 0.154. The number of esters is 1. The molecule has 2 aromatic carbocycles. The number of hydrogen-bond acceptors (Lipinski definition) is 3. The summed E-state index contributed by atoms with van der Waals surface area (Å²) in [6.07, 6.45) is 0. The Kier molecular flexibility index (Phi) is 3.51. The van der Waals surface area contributed by atoms with Gasteiger partial charge in [-0.05, 0) is 59.2 Å². The molecule has 0 spiro atoms. The molecule has 0 unspecified atom stereocenters. The van der Waals surface area contributed by atoms with Crippen molar-refractivity contribution >= 4 is 39.3 Å². The number of aromatic hydroxyl groups is 1. The predicted octanol–water partition coefficient (Wildman–Crippen LogP) is 3.33. The summed E-state index contributed by atoms with van der Waals surface area (Å²) < 4.78 is 5.94. The summed E-state index contributed by atoms with van der Waals surface area (Å²) in [4.78, 5) is 11.6. The SMILES string of the molecule is CCOC(=O)c1cc(O)c2cc(I)ccc2c1. The van der Waals surface area contributed by atoms with Gasteiger partial charge >= 0.3 is 5.97 Å². The molecule has 0 atom stereocenters. The van der Waals surface area contributed by atoms with Gasteiger partial charge in [0.25, 0.3) is 0 Å². The molecule has 0 saturated heterocycles. The highest BCUT2D eigenvalue weighted by atomic mass is 127. The number of fused-ring (bicyclic) bond motifs is 1. The van der Waals surface area contributed by atoms with Crippen molar-refractivity contribution in [3.05, 3.63) is 39.5 Å². The van der Waals surface area contributed by atoms with Gasteiger partial charge in [0.2, 0.25) is 0 Å². The van der Waals surface area contributed by atoms with Gasteiger partial charge in [-0.1, -0.05) is 6.07 Å². The van der Waals surface area contributed by atoms with Gasteiger partial charge in [0.15, 0.2) is 0 Å². The van der Waals surface area contributed by atoms with E-state index in [-0.39, 0.29) is 5.75 Å². The Balaban J connectivity index is 2.56. The van der Waals surface area contributed by atoms with E-state index >= 15 is 0 Å². The molecule has 0 saturated carbocycles. The fourth-order valence-electron chi connectivity index (χ4n) is 1.64. The Hall–Kier alpha value is -1.30. The standard InChI is InChI=1S/C13H11IO3/c1-2-17-13(16)9-5-8-3-4-10(14)7-11(8)12(15)6-9/h3-7,15H,2H2,1H3. The van der Waals surface area contributed by atoms with E-state index in [2.05, 4.69) is 22.6 Å². The predicted molar refractivity (Wildman–Crippen MR) is 74.3 cm³/mol. The van der Waals surface area contributed by atoms with Crippen LogP contribution in [0.3, 0.4) is 0 Å². The number of rotatable bonds is 2. The third kappa shape index (κ3) is 2.52. The largest absolute Gasteiger partial charge is 0.507 e. The smallest absolute Gasteiger partial charge is 0.338 e. The second kappa shape index (κ2) is 4.91. The maximum atomic E-state index is 11.6. The zero-order chi connectivity index (χ0) is 12.4. The first-order valence-electron chi connectivity index (χ1n) is 5.21. The summed E-state index contributed by atoms with van der Waals surface area (Å²) in [5.41, 5.74) is 0.373. The summed E-state index contributed by atoms with van der Waals surface area (Å²) in [5.74, 6) is -0.313. The van der Waals surface area contributed by atoms with Gasteiger partial charge < -0.3 is 9.84 Å². The molecular formula is C13H11IO3.